The van der Waals surface area contributed by atoms with Gasteiger partial charge in [-0.15, -0.1) is 0 Å². The first kappa shape index (κ1) is 10.5. The van der Waals surface area contributed by atoms with E-state index in [1.54, 1.807) is 0 Å². The minimum Gasteiger partial charge on any atom is -0.494 e. The average molecular weight is 301 g/mol. The van der Waals surface area contributed by atoms with Crippen LogP contribution in [0.5, 0.6) is 5.88 Å². The molecule has 1 fully saturated rings. The number of aromatic hydroxyl groups is 1. The van der Waals surface area contributed by atoms with Crippen LogP contribution in [0.25, 0.3) is 10.8 Å². The fourth-order valence-electron chi connectivity index (χ4n) is 2.02. The molecule has 0 saturated heterocycles. The van der Waals surface area contributed by atoms with Gasteiger partial charge in [-0.2, -0.15) is 0 Å². The van der Waals surface area contributed by atoms with Gasteiger partial charge in [-0.1, -0.05) is 27.5 Å². The monoisotopic (exact) mass is 299 g/mol. The van der Waals surface area contributed by atoms with Crippen LogP contribution in [0.15, 0.2) is 22.8 Å². The molecule has 0 amide bonds. The maximum atomic E-state index is 10.1. The van der Waals surface area contributed by atoms with E-state index in [1.165, 1.54) is 12.8 Å². The number of halogens is 2. The van der Waals surface area contributed by atoms with Crippen LogP contribution in [0.1, 0.15) is 12.8 Å². The molecule has 2 nitrogen and oxygen atoms in total. The van der Waals surface area contributed by atoms with Crippen molar-refractivity contribution in [1.29, 1.82) is 0 Å². The molecule has 0 atom stereocenters. The van der Waals surface area contributed by atoms with E-state index in [0.29, 0.717) is 10.9 Å². The summed E-state index contributed by atoms with van der Waals surface area (Å²) in [7, 11) is 0. The average Bonchev–Trinajstić information content (AvgIpc) is 2.93. The second-order valence-electron chi connectivity index (χ2n) is 4.40. The number of rotatable bonds is 2. The highest BCUT2D eigenvalue weighted by atomic mass is 79.9. The molecule has 84 valence electrons. The lowest BCUT2D eigenvalue weighted by Gasteiger charge is -2.02. The topological polar surface area (TPSA) is 25.2 Å². The summed E-state index contributed by atoms with van der Waals surface area (Å²) in [5.41, 5.74) is 0. The zero-order valence-corrected chi connectivity index (χ0v) is 10.9. The lowest BCUT2D eigenvalue weighted by molar-refractivity contribution is 0.415. The summed E-state index contributed by atoms with van der Waals surface area (Å²) in [6.07, 6.45) is 4.51. The van der Waals surface area contributed by atoms with E-state index >= 15 is 0 Å². The highest BCUT2D eigenvalue weighted by Gasteiger charge is 2.23. The van der Waals surface area contributed by atoms with Crippen LogP contribution < -0.4 is 0 Å². The molecule has 0 aliphatic heterocycles. The summed E-state index contributed by atoms with van der Waals surface area (Å²) < 4.78 is 2.84. The Morgan fingerprint density at radius 3 is 2.88 bits per heavy atom. The van der Waals surface area contributed by atoms with Crippen molar-refractivity contribution in [3.05, 3.63) is 27.8 Å². The first-order valence-corrected chi connectivity index (χ1v) is 6.49. The van der Waals surface area contributed by atoms with Gasteiger partial charge >= 0.3 is 0 Å². The molecule has 1 N–H and O–H groups in total. The first-order chi connectivity index (χ1) is 7.65. The van der Waals surface area contributed by atoms with E-state index in [-0.39, 0.29) is 0 Å². The summed E-state index contributed by atoms with van der Waals surface area (Å²) in [5.74, 6) is 1.02. The van der Waals surface area contributed by atoms with Crippen LogP contribution in [0.3, 0.4) is 0 Å². The van der Waals surface area contributed by atoms with Crippen molar-refractivity contribution in [2.75, 3.05) is 0 Å². The Morgan fingerprint density at radius 2 is 2.19 bits per heavy atom. The second kappa shape index (κ2) is 3.67. The minimum absolute atomic E-state index is 0.291. The number of aromatic nitrogens is 1. The van der Waals surface area contributed by atoms with E-state index in [1.807, 2.05) is 22.9 Å². The molecule has 0 bridgehead atoms. The normalized spacial score (nSPS) is 15.9. The highest BCUT2D eigenvalue weighted by Crippen LogP contribution is 2.38. The van der Waals surface area contributed by atoms with Gasteiger partial charge in [0.1, 0.15) is 0 Å². The summed E-state index contributed by atoms with van der Waals surface area (Å²) in [5, 5.41) is 12.4. The summed E-state index contributed by atoms with van der Waals surface area (Å²) in [6.45, 7) is 0.897. The molecule has 2 aromatic rings. The Kier molecular flexibility index (Phi) is 2.41. The number of hydrogen-bond donors (Lipinski definition) is 1. The van der Waals surface area contributed by atoms with Gasteiger partial charge in [0.2, 0.25) is 5.88 Å². The van der Waals surface area contributed by atoms with Crippen LogP contribution in [0.4, 0.5) is 0 Å². The molecule has 0 radical (unpaired) electrons. The van der Waals surface area contributed by atoms with Crippen molar-refractivity contribution in [1.82, 2.24) is 4.57 Å². The Hall–Kier alpha value is -0.670. The molecule has 1 aliphatic rings. The first-order valence-electron chi connectivity index (χ1n) is 5.32. The van der Waals surface area contributed by atoms with Crippen molar-refractivity contribution < 1.29 is 5.11 Å². The lowest BCUT2D eigenvalue weighted by Crippen LogP contribution is -1.96. The van der Waals surface area contributed by atoms with E-state index in [9.17, 15) is 5.11 Å². The predicted octanol–water partition coefficient (Wildman–Crippen LogP) is 4.17. The van der Waals surface area contributed by atoms with E-state index in [0.717, 1.165) is 27.7 Å². The van der Waals surface area contributed by atoms with Gasteiger partial charge in [0.15, 0.2) is 0 Å². The fraction of sp³-hybridized carbons (Fsp3) is 0.333. The maximum absolute atomic E-state index is 10.1. The Balaban J connectivity index is 2.16. The fourth-order valence-corrected chi connectivity index (χ4v) is 2.94. The third-order valence-electron chi connectivity index (χ3n) is 3.03. The molecule has 1 heterocycles. The number of hydrogen-bond acceptors (Lipinski definition) is 1. The van der Waals surface area contributed by atoms with E-state index in [2.05, 4.69) is 15.9 Å². The predicted molar refractivity (Wildman–Crippen MR) is 69.0 cm³/mol. The largest absolute Gasteiger partial charge is 0.494 e. The van der Waals surface area contributed by atoms with Gasteiger partial charge in [-0.3, -0.25) is 0 Å². The third kappa shape index (κ3) is 1.72. The van der Waals surface area contributed by atoms with Crippen molar-refractivity contribution in [2.24, 2.45) is 5.92 Å². The van der Waals surface area contributed by atoms with Gasteiger partial charge < -0.3 is 9.67 Å². The van der Waals surface area contributed by atoms with E-state index in [4.69, 9.17) is 11.6 Å². The zero-order valence-electron chi connectivity index (χ0n) is 8.58. The number of benzene rings is 1. The van der Waals surface area contributed by atoms with Crippen molar-refractivity contribution in [3.8, 4) is 5.88 Å². The van der Waals surface area contributed by atoms with Crippen molar-refractivity contribution >= 4 is 38.3 Å². The molecule has 1 saturated carbocycles. The molecule has 3 rings (SSSR count). The van der Waals surface area contributed by atoms with E-state index < -0.39 is 0 Å². The quantitative estimate of drug-likeness (QED) is 0.884. The SMILES string of the molecule is Oc1c2c(Cl)cc(Br)cc2cn1CC1CC1. The zero-order chi connectivity index (χ0) is 11.3. The second-order valence-corrected chi connectivity index (χ2v) is 5.72. The maximum Gasteiger partial charge on any atom is 0.200 e. The van der Waals surface area contributed by atoms with Crippen molar-refractivity contribution in [2.45, 2.75) is 19.4 Å². The molecule has 0 spiro atoms. The van der Waals surface area contributed by atoms with Crippen LogP contribution in [-0.2, 0) is 6.54 Å². The Bertz CT molecular complexity index is 560. The van der Waals surface area contributed by atoms with Crippen LogP contribution >= 0.6 is 27.5 Å². The summed E-state index contributed by atoms with van der Waals surface area (Å²) >= 11 is 9.53. The molecular weight excluding hydrogens is 289 g/mol. The molecule has 1 aromatic heterocycles. The molecule has 16 heavy (non-hydrogen) atoms. The van der Waals surface area contributed by atoms with Crippen LogP contribution in [0, 0.1) is 5.92 Å². The van der Waals surface area contributed by atoms with Gasteiger partial charge in [0.25, 0.3) is 0 Å². The smallest absolute Gasteiger partial charge is 0.200 e. The summed E-state index contributed by atoms with van der Waals surface area (Å²) in [6, 6.07) is 3.79. The Morgan fingerprint density at radius 1 is 1.44 bits per heavy atom. The minimum atomic E-state index is 0.291. The molecule has 0 unspecified atom stereocenters. The molecule has 1 aliphatic carbocycles. The van der Waals surface area contributed by atoms with Gasteiger partial charge in [0, 0.05) is 22.6 Å². The standard InChI is InChI=1S/C12H11BrClNO/c13-9-3-8-6-15(5-7-1-2-7)12(16)11(8)10(14)4-9/h3-4,6-7,16H,1-2,5H2. The Labute approximate surface area is 107 Å². The lowest BCUT2D eigenvalue weighted by atomic mass is 10.2. The summed E-state index contributed by atoms with van der Waals surface area (Å²) in [4.78, 5) is 0. The van der Waals surface area contributed by atoms with Gasteiger partial charge in [-0.25, -0.2) is 0 Å². The van der Waals surface area contributed by atoms with Crippen molar-refractivity contribution in [3.63, 3.8) is 0 Å². The molecular formula is C12H11BrClNO. The van der Waals surface area contributed by atoms with Crippen LogP contribution in [-0.4, -0.2) is 9.67 Å². The molecule has 4 heteroatoms. The highest BCUT2D eigenvalue weighted by molar-refractivity contribution is 9.10. The number of fused-ring (bicyclic) bond motifs is 1. The third-order valence-corrected chi connectivity index (χ3v) is 3.78. The number of nitrogens with zero attached hydrogens (tertiary/aromatic N) is 1. The molecule has 1 aromatic carbocycles. The van der Waals surface area contributed by atoms with Gasteiger partial charge in [-0.05, 0) is 30.9 Å². The van der Waals surface area contributed by atoms with Crippen LogP contribution in [0.2, 0.25) is 5.02 Å². The van der Waals surface area contributed by atoms with Gasteiger partial charge in [0.05, 0.1) is 10.4 Å².